The van der Waals surface area contributed by atoms with E-state index in [1.165, 1.54) is 0 Å². The van der Waals surface area contributed by atoms with Crippen LogP contribution < -0.4 is 4.90 Å². The van der Waals surface area contributed by atoms with E-state index in [1.807, 2.05) is 24.3 Å². The SMILES string of the molecule is O=C(c1ccn[nH]1)N1CCC(O)c2ccccc21. The number of aliphatic hydroxyl groups excluding tert-OH is 1. The van der Waals surface area contributed by atoms with E-state index in [2.05, 4.69) is 10.2 Å². The number of para-hydroxylation sites is 1. The van der Waals surface area contributed by atoms with Crippen LogP contribution >= 0.6 is 0 Å². The standard InChI is InChI=1S/C13H13N3O2/c17-12-6-8-16(11-4-2-1-3-9(11)12)13(18)10-5-7-14-15-10/h1-5,7,12,17H,6,8H2,(H,14,15). The Morgan fingerprint density at radius 1 is 1.39 bits per heavy atom. The molecule has 2 heterocycles. The second-order valence-electron chi connectivity index (χ2n) is 4.29. The highest BCUT2D eigenvalue weighted by molar-refractivity contribution is 6.05. The number of aromatic amines is 1. The number of hydrogen-bond donors (Lipinski definition) is 2. The van der Waals surface area contributed by atoms with Crippen molar-refractivity contribution in [2.24, 2.45) is 0 Å². The molecule has 5 heteroatoms. The minimum Gasteiger partial charge on any atom is -0.388 e. The fourth-order valence-corrected chi connectivity index (χ4v) is 2.27. The summed E-state index contributed by atoms with van der Waals surface area (Å²) in [6.07, 6.45) is 1.61. The molecule has 1 aliphatic heterocycles. The molecular weight excluding hydrogens is 230 g/mol. The van der Waals surface area contributed by atoms with Gasteiger partial charge in [-0.25, -0.2) is 0 Å². The van der Waals surface area contributed by atoms with E-state index in [4.69, 9.17) is 0 Å². The van der Waals surface area contributed by atoms with Gasteiger partial charge in [-0.05, 0) is 18.6 Å². The maximum atomic E-state index is 12.3. The number of nitrogens with one attached hydrogen (secondary N) is 1. The van der Waals surface area contributed by atoms with Gasteiger partial charge in [0.1, 0.15) is 5.69 Å². The number of hydrogen-bond acceptors (Lipinski definition) is 3. The first-order valence-electron chi connectivity index (χ1n) is 5.85. The second kappa shape index (κ2) is 4.27. The van der Waals surface area contributed by atoms with Gasteiger partial charge in [0.05, 0.1) is 6.10 Å². The zero-order chi connectivity index (χ0) is 12.5. The second-order valence-corrected chi connectivity index (χ2v) is 4.29. The van der Waals surface area contributed by atoms with Gasteiger partial charge in [-0.3, -0.25) is 9.89 Å². The molecule has 0 radical (unpaired) electrons. The van der Waals surface area contributed by atoms with Crippen molar-refractivity contribution in [3.05, 3.63) is 47.8 Å². The molecule has 0 saturated carbocycles. The molecule has 1 aliphatic rings. The van der Waals surface area contributed by atoms with Crippen molar-refractivity contribution in [3.63, 3.8) is 0 Å². The Labute approximate surface area is 104 Å². The average molecular weight is 243 g/mol. The van der Waals surface area contributed by atoms with Crippen molar-refractivity contribution in [2.45, 2.75) is 12.5 Å². The van der Waals surface area contributed by atoms with Crippen LogP contribution in [-0.4, -0.2) is 27.8 Å². The fraction of sp³-hybridized carbons (Fsp3) is 0.231. The average Bonchev–Trinajstić information content (AvgIpc) is 2.93. The van der Waals surface area contributed by atoms with E-state index < -0.39 is 6.10 Å². The van der Waals surface area contributed by atoms with Gasteiger partial charge >= 0.3 is 0 Å². The molecule has 2 N–H and O–H groups in total. The Hall–Kier alpha value is -2.14. The molecular formula is C13H13N3O2. The van der Waals surface area contributed by atoms with E-state index in [0.717, 1.165) is 11.3 Å². The quantitative estimate of drug-likeness (QED) is 0.797. The molecule has 92 valence electrons. The smallest absolute Gasteiger partial charge is 0.276 e. The Kier molecular flexibility index (Phi) is 2.60. The first kappa shape index (κ1) is 11.0. The predicted octanol–water partition coefficient (Wildman–Crippen LogP) is 1.49. The molecule has 0 bridgehead atoms. The molecule has 1 atom stereocenters. The Balaban J connectivity index is 2.00. The number of aliphatic hydroxyl groups is 1. The minimum absolute atomic E-state index is 0.119. The number of anilines is 1. The summed E-state index contributed by atoms with van der Waals surface area (Å²) in [7, 11) is 0. The number of carbonyl (C=O) groups is 1. The first-order chi connectivity index (χ1) is 8.77. The molecule has 1 unspecified atom stereocenters. The predicted molar refractivity (Wildman–Crippen MR) is 66.3 cm³/mol. The summed E-state index contributed by atoms with van der Waals surface area (Å²) in [5, 5.41) is 16.4. The largest absolute Gasteiger partial charge is 0.388 e. The number of H-pyrrole nitrogens is 1. The molecule has 0 saturated heterocycles. The maximum Gasteiger partial charge on any atom is 0.276 e. The number of benzene rings is 1. The monoisotopic (exact) mass is 243 g/mol. The van der Waals surface area contributed by atoms with Crippen LogP contribution in [0.5, 0.6) is 0 Å². The summed E-state index contributed by atoms with van der Waals surface area (Å²) in [5.41, 5.74) is 2.04. The fourth-order valence-electron chi connectivity index (χ4n) is 2.27. The van der Waals surface area contributed by atoms with E-state index in [0.29, 0.717) is 18.7 Å². The van der Waals surface area contributed by atoms with Crippen molar-refractivity contribution in [1.29, 1.82) is 0 Å². The molecule has 18 heavy (non-hydrogen) atoms. The lowest BCUT2D eigenvalue weighted by molar-refractivity contribution is 0.0966. The normalized spacial score (nSPS) is 18.5. The van der Waals surface area contributed by atoms with Gasteiger partial charge in [0, 0.05) is 24.0 Å². The van der Waals surface area contributed by atoms with Crippen molar-refractivity contribution in [2.75, 3.05) is 11.4 Å². The Morgan fingerprint density at radius 2 is 2.22 bits per heavy atom. The van der Waals surface area contributed by atoms with Crippen molar-refractivity contribution in [3.8, 4) is 0 Å². The maximum absolute atomic E-state index is 12.3. The number of aromatic nitrogens is 2. The number of carbonyl (C=O) groups excluding carboxylic acids is 1. The Bertz CT molecular complexity index is 565. The van der Waals surface area contributed by atoms with Crippen LogP contribution in [0.25, 0.3) is 0 Å². The van der Waals surface area contributed by atoms with E-state index >= 15 is 0 Å². The van der Waals surface area contributed by atoms with Gasteiger partial charge in [-0.15, -0.1) is 0 Å². The third kappa shape index (κ3) is 1.69. The van der Waals surface area contributed by atoms with Gasteiger partial charge < -0.3 is 10.0 Å². The summed E-state index contributed by atoms with van der Waals surface area (Å²) < 4.78 is 0. The highest BCUT2D eigenvalue weighted by atomic mass is 16.3. The van der Waals surface area contributed by atoms with Crippen LogP contribution in [0.15, 0.2) is 36.5 Å². The van der Waals surface area contributed by atoms with E-state index in [9.17, 15) is 9.90 Å². The molecule has 1 aromatic heterocycles. The zero-order valence-electron chi connectivity index (χ0n) is 9.71. The van der Waals surface area contributed by atoms with Gasteiger partial charge in [-0.2, -0.15) is 5.10 Å². The van der Waals surface area contributed by atoms with Gasteiger partial charge in [0.2, 0.25) is 0 Å². The number of amides is 1. The first-order valence-corrected chi connectivity index (χ1v) is 5.85. The summed E-state index contributed by atoms with van der Waals surface area (Å²) in [6.45, 7) is 0.510. The van der Waals surface area contributed by atoms with Crippen LogP contribution in [0, 0.1) is 0 Å². The number of nitrogens with zero attached hydrogens (tertiary/aromatic N) is 2. The molecule has 5 nitrogen and oxygen atoms in total. The molecule has 1 amide bonds. The van der Waals surface area contributed by atoms with Gasteiger partial charge in [-0.1, -0.05) is 18.2 Å². The van der Waals surface area contributed by atoms with E-state index in [1.54, 1.807) is 17.2 Å². The third-order valence-electron chi connectivity index (χ3n) is 3.19. The highest BCUT2D eigenvalue weighted by Gasteiger charge is 2.28. The lowest BCUT2D eigenvalue weighted by Gasteiger charge is -2.31. The lowest BCUT2D eigenvalue weighted by atomic mass is 9.98. The lowest BCUT2D eigenvalue weighted by Crippen LogP contribution is -2.36. The zero-order valence-corrected chi connectivity index (χ0v) is 9.71. The van der Waals surface area contributed by atoms with E-state index in [-0.39, 0.29) is 5.91 Å². The number of fused-ring (bicyclic) bond motifs is 1. The van der Waals surface area contributed by atoms with Crippen molar-refractivity contribution < 1.29 is 9.90 Å². The topological polar surface area (TPSA) is 69.2 Å². The Morgan fingerprint density at radius 3 is 3.00 bits per heavy atom. The van der Waals surface area contributed by atoms with Gasteiger partial charge in [0.25, 0.3) is 5.91 Å². The minimum atomic E-state index is -0.494. The third-order valence-corrected chi connectivity index (χ3v) is 3.19. The molecule has 3 rings (SSSR count). The summed E-state index contributed by atoms with van der Waals surface area (Å²) in [4.78, 5) is 14.0. The molecule has 1 aromatic carbocycles. The molecule has 0 spiro atoms. The van der Waals surface area contributed by atoms with Crippen LogP contribution in [-0.2, 0) is 0 Å². The van der Waals surface area contributed by atoms with Crippen LogP contribution in [0.1, 0.15) is 28.6 Å². The summed E-state index contributed by atoms with van der Waals surface area (Å²) >= 11 is 0. The molecule has 0 aliphatic carbocycles. The van der Waals surface area contributed by atoms with Crippen LogP contribution in [0.2, 0.25) is 0 Å². The summed E-state index contributed by atoms with van der Waals surface area (Å²) in [5.74, 6) is -0.119. The van der Waals surface area contributed by atoms with Crippen LogP contribution in [0.4, 0.5) is 5.69 Å². The van der Waals surface area contributed by atoms with Gasteiger partial charge in [0.15, 0.2) is 0 Å². The molecule has 0 fully saturated rings. The summed E-state index contributed by atoms with van der Waals surface area (Å²) in [6, 6.07) is 9.09. The molecule has 2 aromatic rings. The van der Waals surface area contributed by atoms with Crippen LogP contribution in [0.3, 0.4) is 0 Å². The van der Waals surface area contributed by atoms with Crippen molar-refractivity contribution in [1.82, 2.24) is 10.2 Å². The van der Waals surface area contributed by atoms with Crippen molar-refractivity contribution >= 4 is 11.6 Å². The number of rotatable bonds is 1. The highest BCUT2D eigenvalue weighted by Crippen LogP contribution is 2.33.